The fraction of sp³-hybridized carbons (Fsp3) is 0.391. The van der Waals surface area contributed by atoms with Crippen LogP contribution < -0.4 is 9.62 Å². The Labute approximate surface area is 213 Å². The molecular formula is C23H29BrN4O6S. The van der Waals surface area contributed by atoms with Crippen LogP contribution in [0, 0.1) is 17.0 Å². The highest BCUT2D eigenvalue weighted by Crippen LogP contribution is 2.28. The first-order valence-electron chi connectivity index (χ1n) is 10.8. The van der Waals surface area contributed by atoms with Crippen LogP contribution in [-0.2, 0) is 26.2 Å². The minimum absolute atomic E-state index is 0.0259. The molecule has 10 nitrogen and oxygen atoms in total. The lowest BCUT2D eigenvalue weighted by atomic mass is 10.1. The van der Waals surface area contributed by atoms with Gasteiger partial charge in [-0.2, -0.15) is 0 Å². The predicted octanol–water partition coefficient (Wildman–Crippen LogP) is 3.37. The number of halogens is 1. The number of aryl methyl sites for hydroxylation is 1. The van der Waals surface area contributed by atoms with Crippen LogP contribution in [0.3, 0.4) is 0 Å². The van der Waals surface area contributed by atoms with Gasteiger partial charge in [0.15, 0.2) is 0 Å². The molecule has 0 aliphatic carbocycles. The van der Waals surface area contributed by atoms with E-state index in [9.17, 15) is 28.1 Å². The summed E-state index contributed by atoms with van der Waals surface area (Å²) in [5, 5.41) is 14.0. The highest BCUT2D eigenvalue weighted by molar-refractivity contribution is 9.10. The zero-order chi connectivity index (χ0) is 26.5. The molecule has 12 heteroatoms. The average molecular weight is 569 g/mol. The Hall–Kier alpha value is -2.99. The Balaban J connectivity index is 2.47. The van der Waals surface area contributed by atoms with Gasteiger partial charge in [0.2, 0.25) is 21.8 Å². The van der Waals surface area contributed by atoms with E-state index in [-0.39, 0.29) is 29.9 Å². The summed E-state index contributed by atoms with van der Waals surface area (Å²) >= 11 is 3.36. The third-order valence-electron chi connectivity index (χ3n) is 5.22. The molecule has 1 unspecified atom stereocenters. The number of benzene rings is 2. The lowest BCUT2D eigenvalue weighted by molar-refractivity contribution is -0.384. The number of nitrogens with one attached hydrogen (secondary N) is 1. The molecule has 1 N–H and O–H groups in total. The smallest absolute Gasteiger partial charge is 0.271 e. The van der Waals surface area contributed by atoms with Crippen molar-refractivity contribution in [3.63, 3.8) is 0 Å². The molecule has 0 radical (unpaired) electrons. The molecule has 0 spiro atoms. The monoisotopic (exact) mass is 568 g/mol. The summed E-state index contributed by atoms with van der Waals surface area (Å²) in [6.07, 6.45) is 0.923. The number of sulfonamides is 1. The van der Waals surface area contributed by atoms with Gasteiger partial charge in [0.05, 0.1) is 16.9 Å². The number of nitro groups is 1. The first kappa shape index (κ1) is 28.2. The standard InChI is InChI=1S/C23H29BrN4O6S/c1-15(2)25-23(30)17(4)26(13-18-7-9-19(24)10-8-18)22(29)14-27(35(5,33)34)21-12-20(28(31)32)11-6-16(21)3/h6-12,15,17H,13-14H2,1-5H3,(H,25,30). The number of nitrogens with zero attached hydrogens (tertiary/aromatic N) is 3. The fourth-order valence-electron chi connectivity index (χ4n) is 3.35. The highest BCUT2D eigenvalue weighted by atomic mass is 79.9. The fourth-order valence-corrected chi connectivity index (χ4v) is 4.51. The summed E-state index contributed by atoms with van der Waals surface area (Å²) in [6.45, 7) is 6.18. The Morgan fingerprint density at radius 3 is 2.23 bits per heavy atom. The normalized spacial score (nSPS) is 12.2. The molecule has 2 amide bonds. The van der Waals surface area contributed by atoms with Crippen LogP contribution in [0.1, 0.15) is 31.9 Å². The zero-order valence-corrected chi connectivity index (χ0v) is 22.6. The maximum absolute atomic E-state index is 13.5. The third-order valence-corrected chi connectivity index (χ3v) is 6.87. The number of carbonyl (C=O) groups is 2. The first-order valence-corrected chi connectivity index (χ1v) is 13.4. The summed E-state index contributed by atoms with van der Waals surface area (Å²) in [7, 11) is -4.00. The van der Waals surface area contributed by atoms with Crippen molar-refractivity contribution in [2.45, 2.75) is 46.3 Å². The average Bonchev–Trinajstić information content (AvgIpc) is 2.75. The molecule has 0 heterocycles. The van der Waals surface area contributed by atoms with E-state index in [1.807, 2.05) is 0 Å². The van der Waals surface area contributed by atoms with E-state index in [1.54, 1.807) is 52.0 Å². The Morgan fingerprint density at radius 1 is 1.11 bits per heavy atom. The summed E-state index contributed by atoms with van der Waals surface area (Å²) in [4.78, 5) is 38.2. The number of hydrogen-bond acceptors (Lipinski definition) is 6. The molecule has 0 fully saturated rings. The molecule has 2 aromatic rings. The van der Waals surface area contributed by atoms with Crippen molar-refractivity contribution in [1.82, 2.24) is 10.2 Å². The van der Waals surface area contributed by atoms with Gasteiger partial charge in [-0.3, -0.25) is 24.0 Å². The molecule has 2 aromatic carbocycles. The first-order chi connectivity index (χ1) is 16.2. The molecule has 0 saturated heterocycles. The lowest BCUT2D eigenvalue weighted by Gasteiger charge is -2.32. The van der Waals surface area contributed by atoms with E-state index in [0.29, 0.717) is 5.56 Å². The number of rotatable bonds is 10. The summed E-state index contributed by atoms with van der Waals surface area (Å²) in [5.74, 6) is -1.02. The van der Waals surface area contributed by atoms with Crippen LogP contribution in [-0.4, -0.2) is 54.9 Å². The van der Waals surface area contributed by atoms with Gasteiger partial charge in [0.25, 0.3) is 5.69 Å². The van der Waals surface area contributed by atoms with Gasteiger partial charge in [0, 0.05) is 29.2 Å². The second-order valence-corrected chi connectivity index (χ2v) is 11.3. The van der Waals surface area contributed by atoms with Gasteiger partial charge >= 0.3 is 0 Å². The quantitative estimate of drug-likeness (QED) is 0.345. The molecule has 0 aliphatic rings. The van der Waals surface area contributed by atoms with Gasteiger partial charge in [-0.25, -0.2) is 8.42 Å². The van der Waals surface area contributed by atoms with Gasteiger partial charge in [-0.05, 0) is 51.0 Å². The number of carbonyl (C=O) groups excluding carboxylic acids is 2. The Bertz CT molecular complexity index is 1200. The molecule has 0 saturated carbocycles. The van der Waals surface area contributed by atoms with Gasteiger partial charge in [-0.15, -0.1) is 0 Å². The van der Waals surface area contributed by atoms with Gasteiger partial charge < -0.3 is 10.2 Å². The molecule has 2 rings (SSSR count). The molecule has 0 aliphatic heterocycles. The SMILES string of the molecule is Cc1ccc([N+](=O)[O-])cc1N(CC(=O)N(Cc1ccc(Br)cc1)C(C)C(=O)NC(C)C)S(C)(=O)=O. The second kappa shape index (κ2) is 11.6. The minimum atomic E-state index is -4.00. The van der Waals surface area contributed by atoms with Crippen LogP contribution in [0.25, 0.3) is 0 Å². The maximum Gasteiger partial charge on any atom is 0.271 e. The maximum atomic E-state index is 13.5. The topological polar surface area (TPSA) is 130 Å². The molecule has 35 heavy (non-hydrogen) atoms. The molecule has 0 aromatic heterocycles. The molecular weight excluding hydrogens is 540 g/mol. The van der Waals surface area contributed by atoms with E-state index < -0.39 is 33.4 Å². The van der Waals surface area contributed by atoms with Crippen LogP contribution in [0.2, 0.25) is 0 Å². The number of anilines is 1. The van der Waals surface area contributed by atoms with Crippen molar-refractivity contribution < 1.29 is 22.9 Å². The van der Waals surface area contributed by atoms with E-state index in [2.05, 4.69) is 21.2 Å². The zero-order valence-electron chi connectivity index (χ0n) is 20.2. The number of hydrogen-bond donors (Lipinski definition) is 1. The predicted molar refractivity (Wildman–Crippen MR) is 137 cm³/mol. The van der Waals surface area contributed by atoms with Crippen molar-refractivity contribution in [2.24, 2.45) is 0 Å². The van der Waals surface area contributed by atoms with Crippen molar-refractivity contribution in [2.75, 3.05) is 17.1 Å². The van der Waals surface area contributed by atoms with Crippen molar-refractivity contribution in [1.29, 1.82) is 0 Å². The molecule has 1 atom stereocenters. The largest absolute Gasteiger partial charge is 0.352 e. The second-order valence-electron chi connectivity index (χ2n) is 8.48. The van der Waals surface area contributed by atoms with E-state index in [1.165, 1.54) is 17.0 Å². The minimum Gasteiger partial charge on any atom is -0.352 e. The summed E-state index contributed by atoms with van der Waals surface area (Å²) in [5.41, 5.74) is 0.906. The van der Waals surface area contributed by atoms with Crippen LogP contribution in [0.4, 0.5) is 11.4 Å². The van der Waals surface area contributed by atoms with Crippen LogP contribution in [0.5, 0.6) is 0 Å². The number of amides is 2. The van der Waals surface area contributed by atoms with E-state index >= 15 is 0 Å². The summed E-state index contributed by atoms with van der Waals surface area (Å²) < 4.78 is 27.0. The Kier molecular flexibility index (Phi) is 9.38. The van der Waals surface area contributed by atoms with Crippen molar-refractivity contribution >= 4 is 49.1 Å². The number of nitro benzene ring substituents is 1. The van der Waals surface area contributed by atoms with Crippen LogP contribution >= 0.6 is 15.9 Å². The van der Waals surface area contributed by atoms with Gasteiger partial charge in [-0.1, -0.05) is 34.1 Å². The number of non-ortho nitro benzene ring substituents is 1. The molecule has 0 bridgehead atoms. The van der Waals surface area contributed by atoms with Crippen LogP contribution in [0.15, 0.2) is 46.9 Å². The van der Waals surface area contributed by atoms with Crippen molar-refractivity contribution in [3.8, 4) is 0 Å². The highest BCUT2D eigenvalue weighted by Gasteiger charge is 2.31. The van der Waals surface area contributed by atoms with Gasteiger partial charge in [0.1, 0.15) is 12.6 Å². The third kappa shape index (κ3) is 7.76. The lowest BCUT2D eigenvalue weighted by Crippen LogP contribution is -2.52. The molecule has 190 valence electrons. The van der Waals surface area contributed by atoms with Crippen molar-refractivity contribution in [3.05, 3.63) is 68.2 Å². The summed E-state index contributed by atoms with van der Waals surface area (Å²) in [6, 6.07) is 9.92. The van der Waals surface area contributed by atoms with E-state index in [4.69, 9.17) is 0 Å². The Morgan fingerprint density at radius 2 is 1.71 bits per heavy atom. The van der Waals surface area contributed by atoms with E-state index in [0.717, 1.165) is 26.7 Å².